The number of halogens is 1. The molecule has 0 saturated heterocycles. The van der Waals surface area contributed by atoms with Gasteiger partial charge in [0, 0.05) is 11.4 Å². The second kappa shape index (κ2) is 4.83. The summed E-state index contributed by atoms with van der Waals surface area (Å²) in [7, 11) is 0. The number of aromatic nitrogens is 1. The fraction of sp³-hybridized carbons (Fsp3) is 0.286. The lowest BCUT2D eigenvalue weighted by atomic mass is 10.1. The number of benzene rings is 1. The number of carbonyl (C=O) groups is 1. The number of nitrogens with zero attached hydrogens (tertiary/aromatic N) is 1. The molecule has 6 heteroatoms. The van der Waals surface area contributed by atoms with E-state index in [4.69, 9.17) is 20.9 Å². The van der Waals surface area contributed by atoms with Gasteiger partial charge in [-0.25, -0.2) is 0 Å². The molecular weight excluding hydrogens is 280 g/mol. The maximum Gasteiger partial charge on any atom is 0.265 e. The molecule has 1 atom stereocenters. The van der Waals surface area contributed by atoms with E-state index < -0.39 is 6.10 Å². The first-order valence-corrected chi connectivity index (χ1v) is 6.61. The van der Waals surface area contributed by atoms with Gasteiger partial charge in [0.25, 0.3) is 5.91 Å². The molecule has 20 heavy (non-hydrogen) atoms. The third-order valence-corrected chi connectivity index (χ3v) is 3.51. The lowest BCUT2D eigenvalue weighted by Gasteiger charge is -2.10. The zero-order valence-electron chi connectivity index (χ0n) is 11.1. The molecule has 2 heterocycles. The van der Waals surface area contributed by atoms with E-state index in [1.807, 2.05) is 6.07 Å². The second-order valence-electron chi connectivity index (χ2n) is 4.75. The summed E-state index contributed by atoms with van der Waals surface area (Å²) in [6, 6.07) is 5.34. The van der Waals surface area contributed by atoms with Gasteiger partial charge in [0.1, 0.15) is 17.1 Å². The molecule has 1 aliphatic rings. The molecule has 0 radical (unpaired) electrons. The van der Waals surface area contributed by atoms with Crippen molar-refractivity contribution < 1.29 is 14.1 Å². The summed E-state index contributed by atoms with van der Waals surface area (Å²) in [5.74, 6) is 1.06. The molecule has 1 aliphatic heterocycles. The van der Waals surface area contributed by atoms with Crippen LogP contribution in [0.4, 0.5) is 5.69 Å². The van der Waals surface area contributed by atoms with Crippen molar-refractivity contribution in [2.24, 2.45) is 0 Å². The first kappa shape index (κ1) is 13.0. The first-order chi connectivity index (χ1) is 9.54. The number of carbonyl (C=O) groups excluding carboxylic acids is 1. The topological polar surface area (TPSA) is 64.4 Å². The van der Waals surface area contributed by atoms with Crippen LogP contribution < -0.4 is 10.1 Å². The molecule has 0 bridgehead atoms. The minimum absolute atomic E-state index is 0.216. The van der Waals surface area contributed by atoms with Gasteiger partial charge in [0.15, 0.2) is 11.9 Å². The number of amides is 1. The molecule has 3 rings (SSSR count). The van der Waals surface area contributed by atoms with E-state index in [1.165, 1.54) is 0 Å². The van der Waals surface area contributed by atoms with Crippen molar-refractivity contribution in [1.29, 1.82) is 0 Å². The van der Waals surface area contributed by atoms with Crippen LogP contribution in [0.15, 0.2) is 22.7 Å². The van der Waals surface area contributed by atoms with Crippen LogP contribution in [-0.2, 0) is 11.2 Å². The molecule has 0 saturated carbocycles. The summed E-state index contributed by atoms with van der Waals surface area (Å²) in [6.45, 7) is 3.52. The van der Waals surface area contributed by atoms with Gasteiger partial charge in [-0.3, -0.25) is 4.79 Å². The van der Waals surface area contributed by atoms with Crippen LogP contribution in [0.1, 0.15) is 17.0 Å². The highest BCUT2D eigenvalue weighted by Gasteiger charge is 2.30. The third kappa shape index (κ3) is 2.25. The van der Waals surface area contributed by atoms with E-state index >= 15 is 0 Å². The molecular formula is C14H13ClN2O3. The average molecular weight is 293 g/mol. The van der Waals surface area contributed by atoms with Gasteiger partial charge in [-0.15, -0.1) is 0 Å². The third-order valence-electron chi connectivity index (χ3n) is 3.27. The maximum atomic E-state index is 12.2. The molecule has 2 aromatic rings. The van der Waals surface area contributed by atoms with Gasteiger partial charge in [-0.2, -0.15) is 0 Å². The second-order valence-corrected chi connectivity index (χ2v) is 5.19. The van der Waals surface area contributed by atoms with E-state index in [0.717, 1.165) is 5.56 Å². The Morgan fingerprint density at radius 2 is 2.25 bits per heavy atom. The predicted octanol–water partition coefficient (Wildman–Crippen LogP) is 2.89. The monoisotopic (exact) mass is 292 g/mol. The molecule has 104 valence electrons. The molecule has 1 amide bonds. The minimum atomic E-state index is -0.558. The summed E-state index contributed by atoms with van der Waals surface area (Å²) >= 11 is 5.93. The number of rotatable bonds is 2. The highest BCUT2D eigenvalue weighted by Crippen LogP contribution is 2.31. The number of anilines is 1. The Morgan fingerprint density at radius 1 is 1.45 bits per heavy atom. The molecule has 1 aromatic carbocycles. The van der Waals surface area contributed by atoms with Crippen molar-refractivity contribution in [2.75, 3.05) is 5.32 Å². The average Bonchev–Trinajstić information content (AvgIpc) is 2.96. The van der Waals surface area contributed by atoms with Crippen molar-refractivity contribution >= 4 is 23.2 Å². The van der Waals surface area contributed by atoms with E-state index in [9.17, 15) is 4.79 Å². The zero-order chi connectivity index (χ0) is 14.3. The van der Waals surface area contributed by atoms with Crippen molar-refractivity contribution in [2.45, 2.75) is 26.4 Å². The Kier molecular flexibility index (Phi) is 3.14. The number of hydrogen-bond donors (Lipinski definition) is 1. The standard InChI is InChI=1S/C14H13ClN2O3/c1-7-13(8(2)20-17-7)16-14(18)12-6-9-5-10(15)3-4-11(9)19-12/h3-5,12H,6H2,1-2H3,(H,16,18). The molecule has 0 spiro atoms. The molecule has 0 aliphatic carbocycles. The molecule has 0 fully saturated rings. The SMILES string of the molecule is Cc1noc(C)c1NC(=O)C1Cc2cc(Cl)ccc2O1. The quantitative estimate of drug-likeness (QED) is 0.924. The normalized spacial score (nSPS) is 16.6. The van der Waals surface area contributed by atoms with Crippen LogP contribution in [-0.4, -0.2) is 17.2 Å². The van der Waals surface area contributed by atoms with Gasteiger partial charge in [-0.1, -0.05) is 16.8 Å². The van der Waals surface area contributed by atoms with Gasteiger partial charge in [0.2, 0.25) is 0 Å². The van der Waals surface area contributed by atoms with E-state index in [-0.39, 0.29) is 5.91 Å². The number of ether oxygens (including phenoxy) is 1. The Morgan fingerprint density at radius 3 is 2.95 bits per heavy atom. The highest BCUT2D eigenvalue weighted by molar-refractivity contribution is 6.30. The van der Waals surface area contributed by atoms with Gasteiger partial charge in [-0.05, 0) is 37.6 Å². The fourth-order valence-corrected chi connectivity index (χ4v) is 2.42. The summed E-state index contributed by atoms with van der Waals surface area (Å²) < 4.78 is 10.6. The maximum absolute atomic E-state index is 12.2. The minimum Gasteiger partial charge on any atom is -0.480 e. The Bertz CT molecular complexity index is 662. The van der Waals surface area contributed by atoms with Crippen LogP contribution in [0.2, 0.25) is 5.02 Å². The number of nitrogens with one attached hydrogen (secondary N) is 1. The van der Waals surface area contributed by atoms with Crippen LogP contribution in [0.3, 0.4) is 0 Å². The van der Waals surface area contributed by atoms with Crippen molar-refractivity contribution in [1.82, 2.24) is 5.16 Å². The molecule has 1 N–H and O–H groups in total. The lowest BCUT2D eigenvalue weighted by molar-refractivity contribution is -0.122. The number of hydrogen-bond acceptors (Lipinski definition) is 4. The van der Waals surface area contributed by atoms with Crippen molar-refractivity contribution in [3.63, 3.8) is 0 Å². The Balaban J connectivity index is 1.75. The summed E-state index contributed by atoms with van der Waals surface area (Å²) in [4.78, 5) is 12.2. The van der Waals surface area contributed by atoms with Crippen LogP contribution in [0.25, 0.3) is 0 Å². The molecule has 1 aromatic heterocycles. The molecule has 1 unspecified atom stereocenters. The van der Waals surface area contributed by atoms with Crippen molar-refractivity contribution in [3.05, 3.63) is 40.2 Å². The van der Waals surface area contributed by atoms with E-state index in [0.29, 0.717) is 34.3 Å². The molecule has 5 nitrogen and oxygen atoms in total. The predicted molar refractivity (Wildman–Crippen MR) is 74.2 cm³/mol. The van der Waals surface area contributed by atoms with Gasteiger partial charge in [0.05, 0.1) is 0 Å². The zero-order valence-corrected chi connectivity index (χ0v) is 11.8. The first-order valence-electron chi connectivity index (χ1n) is 6.23. The largest absolute Gasteiger partial charge is 0.480 e. The Labute approximate surface area is 120 Å². The number of aryl methyl sites for hydroxylation is 2. The fourth-order valence-electron chi connectivity index (χ4n) is 2.23. The van der Waals surface area contributed by atoms with Crippen LogP contribution in [0, 0.1) is 13.8 Å². The van der Waals surface area contributed by atoms with E-state index in [1.54, 1.807) is 26.0 Å². The summed E-state index contributed by atoms with van der Waals surface area (Å²) in [5.41, 5.74) is 2.19. The van der Waals surface area contributed by atoms with Crippen molar-refractivity contribution in [3.8, 4) is 5.75 Å². The summed E-state index contributed by atoms with van der Waals surface area (Å²) in [5, 5.41) is 7.23. The lowest BCUT2D eigenvalue weighted by Crippen LogP contribution is -2.31. The van der Waals surface area contributed by atoms with Gasteiger partial charge >= 0.3 is 0 Å². The van der Waals surface area contributed by atoms with E-state index in [2.05, 4.69) is 10.5 Å². The number of fused-ring (bicyclic) bond motifs is 1. The summed E-state index contributed by atoms with van der Waals surface area (Å²) in [6.07, 6.45) is -0.0531. The Hall–Kier alpha value is -2.01. The van der Waals surface area contributed by atoms with Crippen LogP contribution in [0.5, 0.6) is 5.75 Å². The smallest absolute Gasteiger partial charge is 0.265 e. The highest BCUT2D eigenvalue weighted by atomic mass is 35.5. The van der Waals surface area contributed by atoms with Gasteiger partial charge < -0.3 is 14.6 Å². The van der Waals surface area contributed by atoms with Crippen LogP contribution >= 0.6 is 11.6 Å².